The monoisotopic (exact) mass is 316 g/mol. The number of rotatable bonds is 6. The molecule has 0 radical (unpaired) electrons. The van der Waals surface area contributed by atoms with Crippen LogP contribution in [0.5, 0.6) is 0 Å². The summed E-state index contributed by atoms with van der Waals surface area (Å²) in [5.74, 6) is 0.308. The molecule has 1 aliphatic rings. The number of carbonyl (C=O) groups is 1. The molecule has 1 saturated heterocycles. The first kappa shape index (κ1) is 18.2. The van der Waals surface area contributed by atoms with E-state index in [2.05, 4.69) is 54.8 Å². The van der Waals surface area contributed by atoms with Gasteiger partial charge in [-0.15, -0.1) is 0 Å². The van der Waals surface area contributed by atoms with Crippen LogP contribution in [-0.4, -0.2) is 48.3 Å². The lowest BCUT2D eigenvalue weighted by molar-refractivity contribution is -0.117. The summed E-state index contributed by atoms with van der Waals surface area (Å²) in [6.07, 6.45) is 1.72. The fourth-order valence-corrected chi connectivity index (χ4v) is 3.12. The molecule has 3 nitrogen and oxygen atoms in total. The largest absolute Gasteiger partial charge is 0.301 e. The smallest absolute Gasteiger partial charge is 0.129 e. The van der Waals surface area contributed by atoms with E-state index in [1.54, 1.807) is 6.92 Å². The maximum Gasteiger partial charge on any atom is 0.129 e. The summed E-state index contributed by atoms with van der Waals surface area (Å²) in [5, 5.41) is 0. The van der Waals surface area contributed by atoms with E-state index in [9.17, 15) is 4.79 Å². The number of carbonyl (C=O) groups excluding carboxylic acids is 1. The van der Waals surface area contributed by atoms with Gasteiger partial charge in [-0.3, -0.25) is 4.90 Å². The maximum absolute atomic E-state index is 11.0. The first-order valence-corrected chi connectivity index (χ1v) is 8.88. The Morgan fingerprint density at radius 2 is 1.74 bits per heavy atom. The van der Waals surface area contributed by atoms with Gasteiger partial charge in [0.25, 0.3) is 0 Å². The number of benzene rings is 1. The van der Waals surface area contributed by atoms with Crippen LogP contribution in [0, 0.1) is 0 Å². The third-order valence-electron chi connectivity index (χ3n) is 4.67. The molecular weight excluding hydrogens is 284 g/mol. The van der Waals surface area contributed by atoms with Crippen molar-refractivity contribution >= 4 is 5.78 Å². The van der Waals surface area contributed by atoms with Gasteiger partial charge < -0.3 is 9.69 Å². The van der Waals surface area contributed by atoms with Gasteiger partial charge in [0.1, 0.15) is 5.78 Å². The molecule has 3 heteroatoms. The predicted molar refractivity (Wildman–Crippen MR) is 96.8 cm³/mol. The molecule has 0 unspecified atom stereocenters. The molecule has 128 valence electrons. The molecule has 0 bridgehead atoms. The number of Topliss-reactive ketones (excluding diaryl/α,β-unsaturated/α-hetero) is 1. The third-order valence-corrected chi connectivity index (χ3v) is 4.67. The minimum atomic E-state index is 0.214. The molecule has 0 aromatic heterocycles. The minimum Gasteiger partial charge on any atom is -0.301 e. The van der Waals surface area contributed by atoms with Crippen LogP contribution in [0.2, 0.25) is 0 Å². The highest BCUT2D eigenvalue weighted by Gasteiger charge is 2.18. The van der Waals surface area contributed by atoms with Crippen LogP contribution in [0.25, 0.3) is 0 Å². The molecular formula is C20H32N2O. The average Bonchev–Trinajstić information content (AvgIpc) is 2.48. The zero-order valence-corrected chi connectivity index (χ0v) is 15.3. The van der Waals surface area contributed by atoms with E-state index < -0.39 is 0 Å². The zero-order valence-electron chi connectivity index (χ0n) is 15.3. The summed E-state index contributed by atoms with van der Waals surface area (Å²) in [5.41, 5.74) is 3.05. The van der Waals surface area contributed by atoms with E-state index >= 15 is 0 Å². The fourth-order valence-electron chi connectivity index (χ4n) is 3.12. The highest BCUT2D eigenvalue weighted by atomic mass is 16.1. The van der Waals surface area contributed by atoms with Crippen molar-refractivity contribution in [3.63, 3.8) is 0 Å². The standard InChI is InChI=1S/C20H32N2O/c1-17(23)7-6-10-21-11-13-22(14-12-21)16-18-8-5-9-19(15-18)20(2,3)4/h5,8-9,15H,6-7,10-14,16H2,1-4H3. The van der Waals surface area contributed by atoms with Crippen LogP contribution in [-0.2, 0) is 16.8 Å². The summed E-state index contributed by atoms with van der Waals surface area (Å²) in [6, 6.07) is 9.03. The SMILES string of the molecule is CC(=O)CCCN1CCN(Cc2cccc(C(C)(C)C)c2)CC1. The van der Waals surface area contributed by atoms with Crippen molar-refractivity contribution in [2.24, 2.45) is 0 Å². The molecule has 0 N–H and O–H groups in total. The third kappa shape index (κ3) is 6.08. The molecule has 0 spiro atoms. The predicted octanol–water partition coefficient (Wildman–Crippen LogP) is 3.47. The number of hydrogen-bond acceptors (Lipinski definition) is 3. The van der Waals surface area contributed by atoms with Crippen LogP contribution >= 0.6 is 0 Å². The molecule has 1 aliphatic heterocycles. The summed E-state index contributed by atoms with van der Waals surface area (Å²) in [7, 11) is 0. The lowest BCUT2D eigenvalue weighted by Crippen LogP contribution is -2.46. The number of piperazine rings is 1. The van der Waals surface area contributed by atoms with Crippen LogP contribution < -0.4 is 0 Å². The van der Waals surface area contributed by atoms with Gasteiger partial charge in [-0.25, -0.2) is 0 Å². The Labute approximate surface area is 141 Å². The average molecular weight is 316 g/mol. The molecule has 1 fully saturated rings. The number of ketones is 1. The first-order valence-electron chi connectivity index (χ1n) is 8.88. The van der Waals surface area contributed by atoms with E-state index in [0.29, 0.717) is 5.78 Å². The van der Waals surface area contributed by atoms with E-state index in [0.717, 1.165) is 52.1 Å². The Morgan fingerprint density at radius 1 is 1.09 bits per heavy atom. The fraction of sp³-hybridized carbons (Fsp3) is 0.650. The molecule has 0 atom stereocenters. The van der Waals surface area contributed by atoms with Crippen molar-refractivity contribution in [1.29, 1.82) is 0 Å². The Balaban J connectivity index is 1.79. The molecule has 1 aromatic rings. The summed E-state index contributed by atoms with van der Waals surface area (Å²) in [4.78, 5) is 16.0. The Bertz CT molecular complexity index is 511. The van der Waals surface area contributed by atoms with E-state index in [1.165, 1.54) is 11.1 Å². The van der Waals surface area contributed by atoms with Crippen molar-refractivity contribution in [3.05, 3.63) is 35.4 Å². The molecule has 0 saturated carbocycles. The van der Waals surface area contributed by atoms with Gasteiger partial charge in [-0.05, 0) is 36.4 Å². The van der Waals surface area contributed by atoms with Gasteiger partial charge in [-0.1, -0.05) is 45.0 Å². The number of hydrogen-bond donors (Lipinski definition) is 0. The van der Waals surface area contributed by atoms with Gasteiger partial charge in [0.2, 0.25) is 0 Å². The first-order chi connectivity index (χ1) is 10.8. The van der Waals surface area contributed by atoms with Crippen molar-refractivity contribution < 1.29 is 4.79 Å². The number of nitrogens with zero attached hydrogens (tertiary/aromatic N) is 2. The second kappa shape index (κ2) is 8.07. The molecule has 0 amide bonds. The van der Waals surface area contributed by atoms with Crippen molar-refractivity contribution in [3.8, 4) is 0 Å². The Morgan fingerprint density at radius 3 is 2.35 bits per heavy atom. The molecule has 1 aromatic carbocycles. The van der Waals surface area contributed by atoms with E-state index in [1.807, 2.05) is 0 Å². The van der Waals surface area contributed by atoms with Crippen LogP contribution in [0.15, 0.2) is 24.3 Å². The van der Waals surface area contributed by atoms with Crippen LogP contribution in [0.1, 0.15) is 51.7 Å². The van der Waals surface area contributed by atoms with Gasteiger partial charge in [0.15, 0.2) is 0 Å². The highest BCUT2D eigenvalue weighted by Crippen LogP contribution is 2.23. The Hall–Kier alpha value is -1.19. The van der Waals surface area contributed by atoms with E-state index in [-0.39, 0.29) is 5.41 Å². The van der Waals surface area contributed by atoms with Crippen molar-refractivity contribution in [2.45, 2.75) is 52.5 Å². The van der Waals surface area contributed by atoms with E-state index in [4.69, 9.17) is 0 Å². The maximum atomic E-state index is 11.0. The molecule has 0 aliphatic carbocycles. The van der Waals surface area contributed by atoms with Gasteiger partial charge in [-0.2, -0.15) is 0 Å². The van der Waals surface area contributed by atoms with Gasteiger partial charge in [0.05, 0.1) is 0 Å². The summed E-state index contributed by atoms with van der Waals surface area (Å²) in [6.45, 7) is 15.1. The molecule has 23 heavy (non-hydrogen) atoms. The Kier molecular flexibility index (Phi) is 6.37. The highest BCUT2D eigenvalue weighted by molar-refractivity contribution is 5.75. The normalized spacial score (nSPS) is 17.4. The topological polar surface area (TPSA) is 23.6 Å². The second-order valence-corrected chi connectivity index (χ2v) is 7.87. The zero-order chi connectivity index (χ0) is 16.9. The molecule has 1 heterocycles. The van der Waals surface area contributed by atoms with Crippen LogP contribution in [0.4, 0.5) is 0 Å². The van der Waals surface area contributed by atoms with Crippen molar-refractivity contribution in [2.75, 3.05) is 32.7 Å². The molecule has 2 rings (SSSR count). The quantitative estimate of drug-likeness (QED) is 0.803. The lowest BCUT2D eigenvalue weighted by Gasteiger charge is -2.35. The lowest BCUT2D eigenvalue weighted by atomic mass is 9.86. The summed E-state index contributed by atoms with van der Waals surface area (Å²) < 4.78 is 0. The minimum absolute atomic E-state index is 0.214. The van der Waals surface area contributed by atoms with Crippen molar-refractivity contribution in [1.82, 2.24) is 9.80 Å². The van der Waals surface area contributed by atoms with Gasteiger partial charge in [0, 0.05) is 39.1 Å². The second-order valence-electron chi connectivity index (χ2n) is 7.87. The summed E-state index contributed by atoms with van der Waals surface area (Å²) >= 11 is 0. The van der Waals surface area contributed by atoms with Gasteiger partial charge >= 0.3 is 0 Å². The van der Waals surface area contributed by atoms with Crippen LogP contribution in [0.3, 0.4) is 0 Å².